The van der Waals surface area contributed by atoms with Crippen molar-refractivity contribution in [1.82, 2.24) is 5.16 Å². The summed E-state index contributed by atoms with van der Waals surface area (Å²) in [5.41, 5.74) is 3.75. The SMILES string of the molecule is Cc1cccc(C)c1NC(=O)COC(=O)Cc1noc2ccccc12. The van der Waals surface area contributed by atoms with Gasteiger partial charge in [0.1, 0.15) is 5.69 Å². The summed E-state index contributed by atoms with van der Waals surface area (Å²) in [6, 6.07) is 13.0. The minimum absolute atomic E-state index is 0.0479. The molecule has 0 unspecified atom stereocenters. The fraction of sp³-hybridized carbons (Fsp3) is 0.211. The fourth-order valence-electron chi connectivity index (χ4n) is 2.59. The molecule has 0 aliphatic rings. The maximum absolute atomic E-state index is 12.0. The first kappa shape index (κ1) is 16.7. The van der Waals surface area contributed by atoms with Crippen molar-refractivity contribution in [3.8, 4) is 0 Å². The van der Waals surface area contributed by atoms with E-state index in [1.165, 1.54) is 0 Å². The summed E-state index contributed by atoms with van der Waals surface area (Å²) < 4.78 is 10.2. The van der Waals surface area contributed by atoms with Crippen LogP contribution in [0, 0.1) is 13.8 Å². The first-order valence-corrected chi connectivity index (χ1v) is 7.89. The number of nitrogens with zero attached hydrogens (tertiary/aromatic N) is 1. The molecule has 1 N–H and O–H groups in total. The normalized spacial score (nSPS) is 10.6. The van der Waals surface area contributed by atoms with Gasteiger partial charge in [-0.05, 0) is 37.1 Å². The van der Waals surface area contributed by atoms with Crippen molar-refractivity contribution in [1.29, 1.82) is 0 Å². The summed E-state index contributed by atoms with van der Waals surface area (Å²) in [6.45, 7) is 3.47. The molecule has 0 bridgehead atoms. The predicted octanol–water partition coefficient (Wildman–Crippen LogP) is 3.17. The number of aromatic nitrogens is 1. The van der Waals surface area contributed by atoms with Gasteiger partial charge in [0.25, 0.3) is 5.91 Å². The van der Waals surface area contributed by atoms with Crippen LogP contribution in [-0.4, -0.2) is 23.6 Å². The fourth-order valence-corrected chi connectivity index (χ4v) is 2.59. The van der Waals surface area contributed by atoms with Crippen LogP contribution in [-0.2, 0) is 20.7 Å². The molecule has 0 radical (unpaired) electrons. The molecule has 6 nitrogen and oxygen atoms in total. The summed E-state index contributed by atoms with van der Waals surface area (Å²) in [7, 11) is 0. The zero-order chi connectivity index (χ0) is 17.8. The number of nitrogens with one attached hydrogen (secondary N) is 1. The van der Waals surface area contributed by atoms with E-state index >= 15 is 0 Å². The highest BCUT2D eigenvalue weighted by molar-refractivity contribution is 5.94. The molecule has 0 aliphatic carbocycles. The average molecular weight is 338 g/mol. The molecule has 25 heavy (non-hydrogen) atoms. The Hall–Kier alpha value is -3.15. The summed E-state index contributed by atoms with van der Waals surface area (Å²) >= 11 is 0. The van der Waals surface area contributed by atoms with E-state index < -0.39 is 5.97 Å². The molecule has 0 aliphatic heterocycles. The maximum Gasteiger partial charge on any atom is 0.312 e. The lowest BCUT2D eigenvalue weighted by molar-refractivity contribution is -0.146. The molecule has 3 aromatic rings. The van der Waals surface area contributed by atoms with Crippen molar-refractivity contribution < 1.29 is 18.8 Å². The Morgan fingerprint density at radius 2 is 1.80 bits per heavy atom. The van der Waals surface area contributed by atoms with Crippen molar-refractivity contribution >= 4 is 28.5 Å². The molecular weight excluding hydrogens is 320 g/mol. The topological polar surface area (TPSA) is 81.4 Å². The third kappa shape index (κ3) is 3.85. The smallest absolute Gasteiger partial charge is 0.312 e. The number of fused-ring (bicyclic) bond motifs is 1. The van der Waals surface area contributed by atoms with E-state index in [0.29, 0.717) is 11.3 Å². The zero-order valence-electron chi connectivity index (χ0n) is 14.0. The van der Waals surface area contributed by atoms with Gasteiger partial charge in [-0.25, -0.2) is 0 Å². The molecule has 0 saturated heterocycles. The largest absolute Gasteiger partial charge is 0.455 e. The number of hydrogen-bond donors (Lipinski definition) is 1. The van der Waals surface area contributed by atoms with Crippen LogP contribution in [0.2, 0.25) is 0 Å². The zero-order valence-corrected chi connectivity index (χ0v) is 14.0. The number of carbonyl (C=O) groups is 2. The Bertz CT molecular complexity index is 910. The summed E-state index contributed by atoms with van der Waals surface area (Å²) in [4.78, 5) is 24.0. The van der Waals surface area contributed by atoms with Crippen LogP contribution in [0.5, 0.6) is 0 Å². The Kier molecular flexibility index (Phi) is 4.79. The molecular formula is C19H18N2O4. The number of benzene rings is 2. The summed E-state index contributed by atoms with van der Waals surface area (Å²) in [6.07, 6.45) is -0.0479. The van der Waals surface area contributed by atoms with Gasteiger partial charge in [0, 0.05) is 11.1 Å². The minimum atomic E-state index is -0.532. The number of hydrogen-bond acceptors (Lipinski definition) is 5. The first-order chi connectivity index (χ1) is 12.0. The van der Waals surface area contributed by atoms with E-state index in [0.717, 1.165) is 22.2 Å². The molecule has 0 spiro atoms. The monoisotopic (exact) mass is 338 g/mol. The van der Waals surface area contributed by atoms with E-state index in [1.807, 2.05) is 50.2 Å². The van der Waals surface area contributed by atoms with Crippen molar-refractivity contribution in [2.45, 2.75) is 20.3 Å². The summed E-state index contributed by atoms with van der Waals surface area (Å²) in [5, 5.41) is 7.41. The van der Waals surface area contributed by atoms with Crippen LogP contribution in [0.25, 0.3) is 11.0 Å². The molecule has 1 aromatic heterocycles. The second-order valence-corrected chi connectivity index (χ2v) is 5.78. The van der Waals surface area contributed by atoms with Crippen LogP contribution in [0.4, 0.5) is 5.69 Å². The second-order valence-electron chi connectivity index (χ2n) is 5.78. The molecule has 0 saturated carbocycles. The lowest BCUT2D eigenvalue weighted by Crippen LogP contribution is -2.22. The van der Waals surface area contributed by atoms with Crippen LogP contribution in [0.15, 0.2) is 47.0 Å². The van der Waals surface area contributed by atoms with E-state index in [1.54, 1.807) is 6.07 Å². The number of amides is 1. The van der Waals surface area contributed by atoms with Crippen molar-refractivity contribution in [2.75, 3.05) is 11.9 Å². The Morgan fingerprint density at radius 1 is 1.08 bits per heavy atom. The first-order valence-electron chi connectivity index (χ1n) is 7.89. The van der Waals surface area contributed by atoms with E-state index in [9.17, 15) is 9.59 Å². The molecule has 6 heteroatoms. The molecule has 2 aromatic carbocycles. The van der Waals surface area contributed by atoms with Gasteiger partial charge < -0.3 is 14.6 Å². The van der Waals surface area contributed by atoms with E-state index in [2.05, 4.69) is 10.5 Å². The van der Waals surface area contributed by atoms with Crippen LogP contribution >= 0.6 is 0 Å². The number of carbonyl (C=O) groups excluding carboxylic acids is 2. The molecule has 128 valence electrons. The molecule has 0 atom stereocenters. The number of para-hydroxylation sites is 2. The molecule has 1 heterocycles. The number of anilines is 1. The number of esters is 1. The van der Waals surface area contributed by atoms with E-state index in [4.69, 9.17) is 9.26 Å². The van der Waals surface area contributed by atoms with Gasteiger partial charge in [0.15, 0.2) is 12.2 Å². The second kappa shape index (κ2) is 7.17. The van der Waals surface area contributed by atoms with Gasteiger partial charge in [-0.3, -0.25) is 9.59 Å². The molecule has 3 rings (SSSR count). The third-order valence-electron chi connectivity index (χ3n) is 3.87. The summed E-state index contributed by atoms with van der Waals surface area (Å²) in [5.74, 6) is -0.911. The van der Waals surface area contributed by atoms with Crippen LogP contribution in [0.1, 0.15) is 16.8 Å². The highest BCUT2D eigenvalue weighted by atomic mass is 16.5. The van der Waals surface area contributed by atoms with Gasteiger partial charge in [-0.1, -0.05) is 35.5 Å². The minimum Gasteiger partial charge on any atom is -0.455 e. The van der Waals surface area contributed by atoms with E-state index in [-0.39, 0.29) is 18.9 Å². The van der Waals surface area contributed by atoms with Gasteiger partial charge in [0.2, 0.25) is 0 Å². The standard InChI is InChI=1S/C19H18N2O4/c1-12-6-5-7-13(2)19(12)20-17(22)11-24-18(23)10-15-14-8-3-4-9-16(14)25-21-15/h3-9H,10-11H2,1-2H3,(H,20,22). The number of rotatable bonds is 5. The van der Waals surface area contributed by atoms with Crippen LogP contribution in [0.3, 0.4) is 0 Å². The van der Waals surface area contributed by atoms with Gasteiger partial charge >= 0.3 is 5.97 Å². The third-order valence-corrected chi connectivity index (χ3v) is 3.87. The van der Waals surface area contributed by atoms with Crippen molar-refractivity contribution in [3.05, 3.63) is 59.3 Å². The highest BCUT2D eigenvalue weighted by Gasteiger charge is 2.15. The van der Waals surface area contributed by atoms with Crippen molar-refractivity contribution in [2.24, 2.45) is 0 Å². The lowest BCUT2D eigenvalue weighted by atomic mass is 10.1. The Labute approximate surface area is 144 Å². The molecule has 0 fully saturated rings. The predicted molar refractivity (Wildman–Crippen MR) is 93.2 cm³/mol. The van der Waals surface area contributed by atoms with Gasteiger partial charge in [-0.2, -0.15) is 0 Å². The highest BCUT2D eigenvalue weighted by Crippen LogP contribution is 2.20. The maximum atomic E-state index is 12.0. The van der Waals surface area contributed by atoms with Gasteiger partial charge in [-0.15, -0.1) is 0 Å². The average Bonchev–Trinajstić information content (AvgIpc) is 3.00. The Morgan fingerprint density at radius 3 is 2.56 bits per heavy atom. The quantitative estimate of drug-likeness (QED) is 0.723. The van der Waals surface area contributed by atoms with Gasteiger partial charge in [0.05, 0.1) is 6.42 Å². The lowest BCUT2D eigenvalue weighted by Gasteiger charge is -2.11. The van der Waals surface area contributed by atoms with Crippen LogP contribution < -0.4 is 5.32 Å². The van der Waals surface area contributed by atoms with Crippen molar-refractivity contribution in [3.63, 3.8) is 0 Å². The molecule has 1 amide bonds. The number of aryl methyl sites for hydroxylation is 2. The number of ether oxygens (including phenoxy) is 1. The Balaban J connectivity index is 1.56.